The van der Waals surface area contributed by atoms with Crippen LogP contribution in [0.15, 0.2) is 24.5 Å². The molecule has 2 N–H and O–H groups in total. The van der Waals surface area contributed by atoms with Crippen molar-refractivity contribution in [2.75, 3.05) is 13.1 Å². The first-order valence-corrected chi connectivity index (χ1v) is 8.51. The Morgan fingerprint density at radius 1 is 1.59 bits per heavy atom. The van der Waals surface area contributed by atoms with Crippen molar-refractivity contribution in [1.29, 1.82) is 0 Å². The fourth-order valence-corrected chi connectivity index (χ4v) is 3.84. The number of thiazole rings is 1. The van der Waals surface area contributed by atoms with E-state index in [0.717, 1.165) is 31.1 Å². The molecule has 1 amide bonds. The van der Waals surface area contributed by atoms with Gasteiger partial charge in [0.05, 0.1) is 5.01 Å². The van der Waals surface area contributed by atoms with Crippen molar-refractivity contribution < 1.29 is 4.79 Å². The lowest BCUT2D eigenvalue weighted by atomic mass is 9.93. The van der Waals surface area contributed by atoms with E-state index in [1.165, 1.54) is 4.88 Å². The molecule has 3 heterocycles. The number of hydrogen-bond donors (Lipinski definition) is 2. The SMILES string of the molecule is Cc1ncc(CN2CC[C@@H](NC(=O)c3ccc[nH]3)[C@H](C)C2)s1. The molecule has 1 saturated heterocycles. The minimum Gasteiger partial charge on any atom is -0.357 e. The zero-order valence-electron chi connectivity index (χ0n) is 13.0. The second-order valence-corrected chi connectivity index (χ2v) is 7.33. The number of piperidine rings is 1. The molecule has 0 radical (unpaired) electrons. The van der Waals surface area contributed by atoms with Crippen molar-refractivity contribution in [3.63, 3.8) is 0 Å². The number of rotatable bonds is 4. The van der Waals surface area contributed by atoms with Crippen LogP contribution in [0.25, 0.3) is 0 Å². The largest absolute Gasteiger partial charge is 0.357 e. The number of H-pyrrole nitrogens is 1. The van der Waals surface area contributed by atoms with E-state index in [-0.39, 0.29) is 11.9 Å². The van der Waals surface area contributed by atoms with Crippen LogP contribution in [0.4, 0.5) is 0 Å². The molecule has 2 atom stereocenters. The molecule has 0 bridgehead atoms. The molecule has 0 unspecified atom stereocenters. The Morgan fingerprint density at radius 2 is 2.45 bits per heavy atom. The standard InChI is InChI=1S/C16H22N4OS/c1-11-9-20(10-13-8-18-12(2)22-13)7-5-14(11)19-16(21)15-4-3-6-17-15/h3-4,6,8,11,14,17H,5,7,9-10H2,1-2H3,(H,19,21)/t11-,14-/m1/s1. The van der Waals surface area contributed by atoms with Crippen molar-refractivity contribution in [1.82, 2.24) is 20.2 Å². The van der Waals surface area contributed by atoms with Gasteiger partial charge in [-0.05, 0) is 31.4 Å². The summed E-state index contributed by atoms with van der Waals surface area (Å²) in [5, 5.41) is 4.27. The van der Waals surface area contributed by atoms with Gasteiger partial charge in [0.1, 0.15) is 5.69 Å². The Hall–Kier alpha value is -1.66. The van der Waals surface area contributed by atoms with E-state index in [4.69, 9.17) is 0 Å². The van der Waals surface area contributed by atoms with Crippen molar-refractivity contribution in [3.05, 3.63) is 40.1 Å². The number of hydrogen-bond acceptors (Lipinski definition) is 4. The average molecular weight is 318 g/mol. The minimum absolute atomic E-state index is 0.00613. The first-order valence-electron chi connectivity index (χ1n) is 7.69. The summed E-state index contributed by atoms with van der Waals surface area (Å²) in [4.78, 5) is 23.2. The fourth-order valence-electron chi connectivity index (χ4n) is 3.01. The summed E-state index contributed by atoms with van der Waals surface area (Å²) in [6.07, 6.45) is 4.74. The molecule has 1 aliphatic rings. The predicted molar refractivity (Wildman–Crippen MR) is 88.0 cm³/mol. The van der Waals surface area contributed by atoms with Crippen LogP contribution in [0.2, 0.25) is 0 Å². The smallest absolute Gasteiger partial charge is 0.267 e. The maximum Gasteiger partial charge on any atom is 0.267 e. The van der Waals surface area contributed by atoms with Gasteiger partial charge in [0, 0.05) is 42.9 Å². The number of carbonyl (C=O) groups is 1. The van der Waals surface area contributed by atoms with Crippen LogP contribution in [-0.4, -0.2) is 39.9 Å². The lowest BCUT2D eigenvalue weighted by Crippen LogP contribution is -2.49. The third-order valence-corrected chi connectivity index (χ3v) is 5.09. The molecular formula is C16H22N4OS. The van der Waals surface area contributed by atoms with Gasteiger partial charge in [-0.25, -0.2) is 4.98 Å². The Kier molecular flexibility index (Phi) is 4.59. The van der Waals surface area contributed by atoms with Crippen LogP contribution in [0.5, 0.6) is 0 Å². The lowest BCUT2D eigenvalue weighted by molar-refractivity contribution is 0.0857. The molecule has 2 aromatic heterocycles. The van der Waals surface area contributed by atoms with E-state index in [0.29, 0.717) is 11.6 Å². The molecule has 2 aromatic rings. The summed E-state index contributed by atoms with van der Waals surface area (Å²) in [5.41, 5.74) is 0.634. The second-order valence-electron chi connectivity index (χ2n) is 6.01. The molecule has 6 heteroatoms. The Labute approximate surface area is 134 Å². The van der Waals surface area contributed by atoms with Gasteiger partial charge in [-0.15, -0.1) is 11.3 Å². The first kappa shape index (κ1) is 15.2. The van der Waals surface area contributed by atoms with Gasteiger partial charge in [-0.1, -0.05) is 6.92 Å². The highest BCUT2D eigenvalue weighted by molar-refractivity contribution is 7.11. The molecule has 1 fully saturated rings. The van der Waals surface area contributed by atoms with Crippen LogP contribution in [-0.2, 0) is 6.54 Å². The van der Waals surface area contributed by atoms with Gasteiger partial charge >= 0.3 is 0 Å². The predicted octanol–water partition coefficient (Wildman–Crippen LogP) is 2.42. The molecule has 118 valence electrons. The molecule has 0 aliphatic carbocycles. The lowest BCUT2D eigenvalue weighted by Gasteiger charge is -2.37. The van der Waals surface area contributed by atoms with Crippen LogP contribution in [0.3, 0.4) is 0 Å². The van der Waals surface area contributed by atoms with E-state index < -0.39 is 0 Å². The van der Waals surface area contributed by atoms with E-state index in [2.05, 4.69) is 27.1 Å². The maximum absolute atomic E-state index is 12.1. The molecule has 1 aliphatic heterocycles. The van der Waals surface area contributed by atoms with E-state index in [1.807, 2.05) is 19.2 Å². The quantitative estimate of drug-likeness (QED) is 0.910. The van der Waals surface area contributed by atoms with Gasteiger partial charge in [-0.2, -0.15) is 0 Å². The van der Waals surface area contributed by atoms with E-state index >= 15 is 0 Å². The van der Waals surface area contributed by atoms with Crippen LogP contribution >= 0.6 is 11.3 Å². The number of nitrogens with zero attached hydrogens (tertiary/aromatic N) is 2. The summed E-state index contributed by atoms with van der Waals surface area (Å²) in [7, 11) is 0. The van der Waals surface area contributed by atoms with Crippen molar-refractivity contribution in [2.24, 2.45) is 5.92 Å². The van der Waals surface area contributed by atoms with Crippen LogP contribution in [0.1, 0.15) is 33.7 Å². The third kappa shape index (κ3) is 3.56. The van der Waals surface area contributed by atoms with Gasteiger partial charge in [0.2, 0.25) is 0 Å². The van der Waals surface area contributed by atoms with E-state index in [9.17, 15) is 4.79 Å². The molecule has 22 heavy (non-hydrogen) atoms. The van der Waals surface area contributed by atoms with Gasteiger partial charge in [-0.3, -0.25) is 9.69 Å². The minimum atomic E-state index is -0.00613. The number of aromatic nitrogens is 2. The number of aryl methyl sites for hydroxylation is 1. The summed E-state index contributed by atoms with van der Waals surface area (Å²) >= 11 is 1.77. The highest BCUT2D eigenvalue weighted by Crippen LogP contribution is 2.21. The fraction of sp³-hybridized carbons (Fsp3) is 0.500. The zero-order chi connectivity index (χ0) is 15.5. The highest BCUT2D eigenvalue weighted by atomic mass is 32.1. The van der Waals surface area contributed by atoms with Crippen molar-refractivity contribution in [3.8, 4) is 0 Å². The molecule has 5 nitrogen and oxygen atoms in total. The van der Waals surface area contributed by atoms with Crippen LogP contribution < -0.4 is 5.32 Å². The topological polar surface area (TPSA) is 61.0 Å². The Bertz CT molecular complexity index is 622. The number of nitrogens with one attached hydrogen (secondary N) is 2. The molecule has 0 aromatic carbocycles. The molecule has 0 spiro atoms. The number of amides is 1. The van der Waals surface area contributed by atoms with Crippen molar-refractivity contribution >= 4 is 17.2 Å². The summed E-state index contributed by atoms with van der Waals surface area (Å²) < 4.78 is 0. The van der Waals surface area contributed by atoms with Gasteiger partial charge < -0.3 is 10.3 Å². The monoisotopic (exact) mass is 318 g/mol. The summed E-state index contributed by atoms with van der Waals surface area (Å²) in [5.74, 6) is 0.440. The Balaban J connectivity index is 1.52. The molecule has 0 saturated carbocycles. The number of aromatic amines is 1. The summed E-state index contributed by atoms with van der Waals surface area (Å²) in [6, 6.07) is 3.90. The van der Waals surface area contributed by atoms with Crippen molar-refractivity contribution in [2.45, 2.75) is 32.9 Å². The molecular weight excluding hydrogens is 296 g/mol. The van der Waals surface area contributed by atoms with Gasteiger partial charge in [0.15, 0.2) is 0 Å². The average Bonchev–Trinajstić information content (AvgIpc) is 3.13. The molecule has 3 rings (SSSR count). The third-order valence-electron chi connectivity index (χ3n) is 4.20. The van der Waals surface area contributed by atoms with E-state index in [1.54, 1.807) is 23.6 Å². The van der Waals surface area contributed by atoms with Gasteiger partial charge in [0.25, 0.3) is 5.91 Å². The van der Waals surface area contributed by atoms with Crippen LogP contribution in [0, 0.1) is 12.8 Å². The first-order chi connectivity index (χ1) is 10.6. The normalized spacial score (nSPS) is 22.6. The Morgan fingerprint density at radius 3 is 3.09 bits per heavy atom. The zero-order valence-corrected chi connectivity index (χ0v) is 13.8. The number of likely N-dealkylation sites (tertiary alicyclic amines) is 1. The second kappa shape index (κ2) is 6.62. The summed E-state index contributed by atoms with van der Waals surface area (Å²) in [6.45, 7) is 7.24. The maximum atomic E-state index is 12.1. The highest BCUT2D eigenvalue weighted by Gasteiger charge is 2.27. The number of carbonyl (C=O) groups excluding carboxylic acids is 1.